The highest BCUT2D eigenvalue weighted by Crippen LogP contribution is 2.34. The summed E-state index contributed by atoms with van der Waals surface area (Å²) in [6, 6.07) is 14.3. The Morgan fingerprint density at radius 1 is 1.06 bits per heavy atom. The number of halogens is 1. The lowest BCUT2D eigenvalue weighted by atomic mass is 10.1. The van der Waals surface area contributed by atoms with Crippen molar-refractivity contribution in [1.29, 1.82) is 0 Å². The highest BCUT2D eigenvalue weighted by Gasteiger charge is 2.31. The Labute approximate surface area is 102 Å². The van der Waals surface area contributed by atoms with Crippen LogP contribution in [-0.2, 0) is 0 Å². The van der Waals surface area contributed by atoms with E-state index in [9.17, 15) is 0 Å². The highest BCUT2D eigenvalue weighted by atomic mass is 79.9. The number of aromatic nitrogens is 1. The van der Waals surface area contributed by atoms with Crippen LogP contribution in [0.4, 0.5) is 0 Å². The van der Waals surface area contributed by atoms with Gasteiger partial charge in [-0.1, -0.05) is 46.3 Å². The molecule has 1 aromatic carbocycles. The fraction of sp³-hybridized carbons (Fsp3) is 0.0769. The van der Waals surface area contributed by atoms with Gasteiger partial charge in [0.25, 0.3) is 0 Å². The largest absolute Gasteiger partial charge is 0.270 e. The first-order valence-corrected chi connectivity index (χ1v) is 5.88. The van der Waals surface area contributed by atoms with Crippen LogP contribution >= 0.6 is 15.9 Å². The molecule has 0 saturated carbocycles. The van der Waals surface area contributed by atoms with Gasteiger partial charge in [-0.3, -0.25) is 9.98 Å². The van der Waals surface area contributed by atoms with Crippen molar-refractivity contribution in [3.05, 3.63) is 64.4 Å². The van der Waals surface area contributed by atoms with E-state index in [1.165, 1.54) is 5.56 Å². The van der Waals surface area contributed by atoms with Crippen LogP contribution in [-0.4, -0.2) is 10.7 Å². The van der Waals surface area contributed by atoms with Gasteiger partial charge >= 0.3 is 0 Å². The number of pyridine rings is 1. The van der Waals surface area contributed by atoms with Gasteiger partial charge in [0, 0.05) is 10.7 Å². The first kappa shape index (κ1) is 9.73. The molecule has 3 heteroatoms. The number of rotatable bonds is 2. The number of hydrogen-bond acceptors (Lipinski definition) is 2. The van der Waals surface area contributed by atoms with Gasteiger partial charge in [0.1, 0.15) is 6.04 Å². The van der Waals surface area contributed by atoms with E-state index in [1.807, 2.05) is 30.3 Å². The van der Waals surface area contributed by atoms with E-state index in [-0.39, 0.29) is 6.04 Å². The zero-order valence-corrected chi connectivity index (χ0v) is 10.1. The molecule has 0 spiro atoms. The van der Waals surface area contributed by atoms with Crippen molar-refractivity contribution < 1.29 is 0 Å². The van der Waals surface area contributed by atoms with Crippen LogP contribution in [0.3, 0.4) is 0 Å². The number of hydrogen-bond donors (Lipinski definition) is 0. The van der Waals surface area contributed by atoms with E-state index >= 15 is 0 Å². The van der Waals surface area contributed by atoms with Crippen molar-refractivity contribution in [2.45, 2.75) is 6.04 Å². The molecule has 2 heterocycles. The molecule has 1 atom stereocenters. The molecule has 0 fully saturated rings. The molecule has 16 heavy (non-hydrogen) atoms. The fourth-order valence-electron chi connectivity index (χ4n) is 1.72. The average molecular weight is 273 g/mol. The fourth-order valence-corrected chi connectivity index (χ4v) is 2.07. The van der Waals surface area contributed by atoms with Crippen LogP contribution in [0.1, 0.15) is 17.3 Å². The molecule has 0 N–H and O–H groups in total. The van der Waals surface area contributed by atoms with Crippen LogP contribution in [0.2, 0.25) is 0 Å². The molecular formula is C13H9BrN2. The van der Waals surface area contributed by atoms with Crippen LogP contribution in [0, 0.1) is 0 Å². The van der Waals surface area contributed by atoms with Gasteiger partial charge in [-0.2, -0.15) is 0 Å². The molecule has 2 aromatic rings. The summed E-state index contributed by atoms with van der Waals surface area (Å²) in [5.41, 5.74) is 3.33. The van der Waals surface area contributed by atoms with E-state index in [0.717, 1.165) is 15.9 Å². The van der Waals surface area contributed by atoms with Gasteiger partial charge in [0.05, 0.1) is 11.4 Å². The lowest BCUT2D eigenvalue weighted by molar-refractivity contribution is 1.02. The lowest BCUT2D eigenvalue weighted by Gasteiger charge is -1.98. The normalized spacial score (nSPS) is 18.1. The minimum Gasteiger partial charge on any atom is -0.270 e. The summed E-state index contributed by atoms with van der Waals surface area (Å²) in [6.07, 6.45) is 1.80. The smallest absolute Gasteiger partial charge is 0.134 e. The van der Waals surface area contributed by atoms with Crippen LogP contribution in [0.25, 0.3) is 0 Å². The van der Waals surface area contributed by atoms with Crippen LogP contribution in [0.15, 0.2) is 58.1 Å². The van der Waals surface area contributed by atoms with Crippen molar-refractivity contribution >= 4 is 21.6 Å². The SMILES string of the molecule is Brc1ccnc(C2N=C2c2ccccc2)c1. The van der Waals surface area contributed by atoms with Crippen molar-refractivity contribution in [2.75, 3.05) is 0 Å². The Hall–Kier alpha value is -1.48. The zero-order chi connectivity index (χ0) is 11.0. The Bertz CT molecular complexity index is 549. The van der Waals surface area contributed by atoms with E-state index in [4.69, 9.17) is 0 Å². The second-order valence-electron chi connectivity index (χ2n) is 3.68. The van der Waals surface area contributed by atoms with Crippen molar-refractivity contribution in [2.24, 2.45) is 4.99 Å². The quantitative estimate of drug-likeness (QED) is 0.823. The van der Waals surface area contributed by atoms with E-state index in [2.05, 4.69) is 38.0 Å². The molecule has 1 aliphatic heterocycles. The van der Waals surface area contributed by atoms with Crippen molar-refractivity contribution in [3.8, 4) is 0 Å². The van der Waals surface area contributed by atoms with Gasteiger partial charge in [0.15, 0.2) is 0 Å². The molecular weight excluding hydrogens is 264 g/mol. The number of nitrogens with zero attached hydrogens (tertiary/aromatic N) is 2. The molecule has 2 nitrogen and oxygen atoms in total. The Morgan fingerprint density at radius 2 is 1.88 bits per heavy atom. The van der Waals surface area contributed by atoms with Crippen LogP contribution < -0.4 is 0 Å². The Balaban J connectivity index is 1.84. The van der Waals surface area contributed by atoms with Gasteiger partial charge in [-0.25, -0.2) is 0 Å². The molecule has 0 amide bonds. The third-order valence-electron chi connectivity index (χ3n) is 2.55. The Kier molecular flexibility index (Phi) is 2.33. The van der Waals surface area contributed by atoms with Gasteiger partial charge in [-0.05, 0) is 17.7 Å². The predicted molar refractivity (Wildman–Crippen MR) is 67.7 cm³/mol. The molecule has 0 radical (unpaired) electrons. The molecule has 0 bridgehead atoms. The third-order valence-corrected chi connectivity index (χ3v) is 3.05. The first-order chi connectivity index (χ1) is 7.84. The van der Waals surface area contributed by atoms with Crippen LogP contribution in [0.5, 0.6) is 0 Å². The molecule has 1 aromatic heterocycles. The number of benzene rings is 1. The minimum absolute atomic E-state index is 0.153. The van der Waals surface area contributed by atoms with Gasteiger partial charge < -0.3 is 0 Å². The maximum atomic E-state index is 4.47. The summed E-state index contributed by atoms with van der Waals surface area (Å²) in [5.74, 6) is 0. The lowest BCUT2D eigenvalue weighted by Crippen LogP contribution is -1.95. The van der Waals surface area contributed by atoms with Gasteiger partial charge in [-0.15, -0.1) is 0 Å². The highest BCUT2D eigenvalue weighted by molar-refractivity contribution is 9.10. The molecule has 0 aliphatic carbocycles. The van der Waals surface area contributed by atoms with Crippen molar-refractivity contribution in [3.63, 3.8) is 0 Å². The summed E-state index contributed by atoms with van der Waals surface area (Å²) < 4.78 is 1.05. The van der Waals surface area contributed by atoms with Crippen molar-refractivity contribution in [1.82, 2.24) is 4.98 Å². The second-order valence-corrected chi connectivity index (χ2v) is 4.60. The van der Waals surface area contributed by atoms with E-state index in [0.29, 0.717) is 0 Å². The maximum Gasteiger partial charge on any atom is 0.134 e. The Morgan fingerprint density at radius 3 is 2.62 bits per heavy atom. The topological polar surface area (TPSA) is 25.2 Å². The standard InChI is InChI=1S/C13H9BrN2/c14-10-6-7-15-11(8-10)13-12(16-13)9-4-2-1-3-5-9/h1-8,13H. The average Bonchev–Trinajstić information content (AvgIpc) is 3.10. The molecule has 0 saturated heterocycles. The summed E-state index contributed by atoms with van der Waals surface area (Å²) in [6.45, 7) is 0. The monoisotopic (exact) mass is 272 g/mol. The molecule has 78 valence electrons. The predicted octanol–water partition coefficient (Wildman–Crippen LogP) is 3.39. The molecule has 1 unspecified atom stereocenters. The van der Waals surface area contributed by atoms with E-state index in [1.54, 1.807) is 6.20 Å². The summed E-state index contributed by atoms with van der Waals surface area (Å²) in [4.78, 5) is 8.80. The number of aliphatic imine (C=N–C) groups is 1. The molecule has 3 rings (SSSR count). The summed E-state index contributed by atoms with van der Waals surface area (Å²) >= 11 is 3.44. The third kappa shape index (κ3) is 1.78. The zero-order valence-electron chi connectivity index (χ0n) is 8.47. The summed E-state index contributed by atoms with van der Waals surface area (Å²) in [7, 11) is 0. The van der Waals surface area contributed by atoms with E-state index < -0.39 is 0 Å². The first-order valence-electron chi connectivity index (χ1n) is 5.09. The second kappa shape index (κ2) is 3.83. The van der Waals surface area contributed by atoms with Gasteiger partial charge in [0.2, 0.25) is 0 Å². The molecule has 1 aliphatic rings. The maximum absolute atomic E-state index is 4.47. The minimum atomic E-state index is 0.153. The summed E-state index contributed by atoms with van der Waals surface area (Å²) in [5, 5.41) is 0.